The third-order valence-electron chi connectivity index (χ3n) is 8.14. The van der Waals surface area contributed by atoms with Crippen LogP contribution in [0.15, 0.2) is 77.3 Å². The van der Waals surface area contributed by atoms with Crippen LogP contribution in [-0.2, 0) is 19.1 Å². The highest BCUT2D eigenvalue weighted by Gasteiger charge is 2.64. The largest absolute Gasteiger partial charge is 0.452 e. The highest BCUT2D eigenvalue weighted by atomic mass is 79.9. The minimum Gasteiger partial charge on any atom is -0.452 e. The zero-order valence-electron chi connectivity index (χ0n) is 20.7. The molecular formula is C30H24BrClN2O5. The average Bonchev–Trinajstić information content (AvgIpc) is 3.61. The van der Waals surface area contributed by atoms with Crippen molar-refractivity contribution < 1.29 is 23.9 Å². The Balaban J connectivity index is 1.09. The molecule has 9 heteroatoms. The van der Waals surface area contributed by atoms with Gasteiger partial charge in [-0.3, -0.25) is 19.3 Å². The fourth-order valence-corrected chi connectivity index (χ4v) is 6.96. The zero-order chi connectivity index (χ0) is 27.3. The van der Waals surface area contributed by atoms with Gasteiger partial charge in [-0.25, -0.2) is 4.79 Å². The summed E-state index contributed by atoms with van der Waals surface area (Å²) in [6.45, 7) is -0.480. The van der Waals surface area contributed by atoms with E-state index in [2.05, 4.69) is 33.4 Å². The molecule has 0 unspecified atom stereocenters. The van der Waals surface area contributed by atoms with Crippen LogP contribution in [0.5, 0.6) is 0 Å². The summed E-state index contributed by atoms with van der Waals surface area (Å²) < 4.78 is 5.83. The number of hydrogen-bond acceptors (Lipinski definition) is 5. The van der Waals surface area contributed by atoms with Crippen LogP contribution in [0.1, 0.15) is 34.7 Å². The van der Waals surface area contributed by atoms with E-state index in [1.165, 1.54) is 22.6 Å². The van der Waals surface area contributed by atoms with Gasteiger partial charge in [0.25, 0.3) is 5.91 Å². The molecule has 2 bridgehead atoms. The minimum atomic E-state index is -0.690. The van der Waals surface area contributed by atoms with Crippen LogP contribution in [-0.4, -0.2) is 30.3 Å². The van der Waals surface area contributed by atoms with Gasteiger partial charge >= 0.3 is 5.97 Å². The van der Waals surface area contributed by atoms with Crippen molar-refractivity contribution in [2.24, 2.45) is 23.7 Å². The molecule has 1 saturated heterocycles. The van der Waals surface area contributed by atoms with Gasteiger partial charge in [0.2, 0.25) is 11.8 Å². The summed E-state index contributed by atoms with van der Waals surface area (Å²) in [6, 6.07) is 21.3. The van der Waals surface area contributed by atoms with E-state index >= 15 is 0 Å². The Bertz CT molecular complexity index is 1480. The lowest BCUT2D eigenvalue weighted by Gasteiger charge is -2.28. The number of amides is 3. The van der Waals surface area contributed by atoms with Crippen molar-refractivity contribution in [2.45, 2.75) is 18.8 Å². The number of esters is 1. The normalized spacial score (nSPS) is 25.1. The predicted octanol–water partition coefficient (Wildman–Crippen LogP) is 5.83. The Morgan fingerprint density at radius 2 is 1.67 bits per heavy atom. The molecule has 1 N–H and O–H groups in total. The second-order valence-electron chi connectivity index (χ2n) is 10.3. The minimum absolute atomic E-state index is 0.149. The lowest BCUT2D eigenvalue weighted by Crippen LogP contribution is -2.33. The van der Waals surface area contributed by atoms with Gasteiger partial charge in [-0.15, -0.1) is 0 Å². The molecule has 198 valence electrons. The first-order valence-corrected chi connectivity index (χ1v) is 13.9. The fraction of sp³-hybridized carbons (Fsp3) is 0.267. The molecular weight excluding hydrogens is 584 g/mol. The summed E-state index contributed by atoms with van der Waals surface area (Å²) in [7, 11) is 0. The van der Waals surface area contributed by atoms with Crippen molar-refractivity contribution in [1.29, 1.82) is 0 Å². The Morgan fingerprint density at radius 1 is 0.949 bits per heavy atom. The van der Waals surface area contributed by atoms with Crippen LogP contribution in [0.4, 0.5) is 11.4 Å². The quantitative estimate of drug-likeness (QED) is 0.281. The number of rotatable bonds is 6. The summed E-state index contributed by atoms with van der Waals surface area (Å²) in [4.78, 5) is 52.9. The van der Waals surface area contributed by atoms with Crippen LogP contribution in [0, 0.1) is 23.7 Å². The number of imide groups is 1. The number of carbonyl (C=O) groups is 4. The molecule has 3 amide bonds. The maximum atomic E-state index is 13.5. The summed E-state index contributed by atoms with van der Waals surface area (Å²) in [5, 5.41) is 3.05. The first-order chi connectivity index (χ1) is 18.8. The van der Waals surface area contributed by atoms with E-state index in [1.54, 1.807) is 30.3 Å². The van der Waals surface area contributed by atoms with E-state index in [9.17, 15) is 19.2 Å². The molecule has 0 radical (unpaired) electrons. The Labute approximate surface area is 238 Å². The van der Waals surface area contributed by atoms with Gasteiger partial charge < -0.3 is 10.1 Å². The molecule has 2 saturated carbocycles. The Morgan fingerprint density at radius 3 is 2.38 bits per heavy atom. The van der Waals surface area contributed by atoms with Crippen molar-refractivity contribution in [2.75, 3.05) is 16.8 Å². The molecule has 1 aliphatic heterocycles. The van der Waals surface area contributed by atoms with Gasteiger partial charge in [0.1, 0.15) is 0 Å². The molecule has 3 fully saturated rings. The summed E-state index contributed by atoms with van der Waals surface area (Å²) in [5.41, 5.74) is 2.36. The van der Waals surface area contributed by atoms with Crippen molar-refractivity contribution in [1.82, 2.24) is 0 Å². The molecule has 3 aromatic carbocycles. The van der Waals surface area contributed by atoms with E-state index in [0.29, 0.717) is 26.8 Å². The molecule has 2 aliphatic carbocycles. The first kappa shape index (κ1) is 25.8. The van der Waals surface area contributed by atoms with Crippen LogP contribution in [0.25, 0.3) is 0 Å². The third kappa shape index (κ3) is 4.66. The van der Waals surface area contributed by atoms with Gasteiger partial charge in [0.15, 0.2) is 6.61 Å². The van der Waals surface area contributed by atoms with E-state index in [1.807, 2.05) is 18.2 Å². The molecule has 0 aromatic heterocycles. The van der Waals surface area contributed by atoms with Gasteiger partial charge in [0, 0.05) is 10.2 Å². The molecule has 3 aromatic rings. The zero-order valence-corrected chi connectivity index (χ0v) is 23.0. The topological polar surface area (TPSA) is 92.8 Å². The highest BCUT2D eigenvalue weighted by Crippen LogP contribution is 2.61. The average molecular weight is 608 g/mol. The molecule has 5 atom stereocenters. The SMILES string of the molecule is O=C(COC(=O)c1ccc(N2C(=O)[C@@H]3[C@@H]4C[C@@H]([C@H]3C2=O)[C@H](c2ccccc2)C4)cc1)Nc1ccc(Br)c(Cl)c1. The molecule has 39 heavy (non-hydrogen) atoms. The van der Waals surface area contributed by atoms with Gasteiger partial charge in [-0.2, -0.15) is 0 Å². The summed E-state index contributed by atoms with van der Waals surface area (Å²) >= 11 is 9.31. The number of ether oxygens (including phenoxy) is 1. The van der Waals surface area contributed by atoms with Gasteiger partial charge in [-0.05, 0) is 94.6 Å². The van der Waals surface area contributed by atoms with Gasteiger partial charge in [0.05, 0.1) is 28.1 Å². The Hall–Kier alpha value is -3.49. The van der Waals surface area contributed by atoms with Gasteiger partial charge in [-0.1, -0.05) is 41.9 Å². The number of nitrogens with zero attached hydrogens (tertiary/aromatic N) is 1. The van der Waals surface area contributed by atoms with Crippen molar-refractivity contribution in [3.8, 4) is 0 Å². The monoisotopic (exact) mass is 606 g/mol. The maximum Gasteiger partial charge on any atom is 0.338 e. The molecule has 3 aliphatic rings. The van der Waals surface area contributed by atoms with E-state index in [4.69, 9.17) is 16.3 Å². The Kier molecular flexibility index (Phi) is 6.77. The number of nitrogens with one attached hydrogen (secondary N) is 1. The first-order valence-electron chi connectivity index (χ1n) is 12.8. The molecule has 0 spiro atoms. The number of benzene rings is 3. The lowest BCUT2D eigenvalue weighted by atomic mass is 9.73. The summed E-state index contributed by atoms with van der Waals surface area (Å²) in [6.07, 6.45) is 1.84. The smallest absolute Gasteiger partial charge is 0.338 e. The predicted molar refractivity (Wildman–Crippen MR) is 149 cm³/mol. The number of hydrogen-bond donors (Lipinski definition) is 1. The van der Waals surface area contributed by atoms with Crippen molar-refractivity contribution >= 4 is 62.6 Å². The lowest BCUT2D eigenvalue weighted by molar-refractivity contribution is -0.123. The third-order valence-corrected chi connectivity index (χ3v) is 9.37. The standard InChI is InChI=1S/C30H24BrClN2O5/c31-23-11-8-19(14-24(23)32)33-25(35)15-39-30(38)17-6-9-20(10-7-17)34-28(36)26-18-12-21(16-4-2-1-3-5-16)22(13-18)27(26)29(34)37/h1-11,14,18,21-22,26-27H,12-13,15H2,(H,33,35)/t18-,21-,22+,26+,27+/m0/s1. The van der Waals surface area contributed by atoms with Crippen LogP contribution >= 0.6 is 27.5 Å². The maximum absolute atomic E-state index is 13.5. The fourth-order valence-electron chi connectivity index (χ4n) is 6.53. The van der Waals surface area contributed by atoms with E-state index in [0.717, 1.165) is 12.8 Å². The number of carbonyl (C=O) groups excluding carboxylic acids is 4. The van der Waals surface area contributed by atoms with Crippen molar-refractivity contribution in [3.05, 3.63) is 93.4 Å². The second-order valence-corrected chi connectivity index (χ2v) is 11.5. The van der Waals surface area contributed by atoms with Crippen LogP contribution in [0.2, 0.25) is 5.02 Å². The number of anilines is 2. The van der Waals surface area contributed by atoms with E-state index < -0.39 is 18.5 Å². The van der Waals surface area contributed by atoms with E-state index in [-0.39, 0.29) is 41.0 Å². The van der Waals surface area contributed by atoms with Crippen molar-refractivity contribution in [3.63, 3.8) is 0 Å². The van der Waals surface area contributed by atoms with Crippen LogP contribution < -0.4 is 10.2 Å². The molecule has 6 rings (SSSR count). The molecule has 7 nitrogen and oxygen atoms in total. The molecule has 1 heterocycles. The second kappa shape index (κ2) is 10.2. The highest BCUT2D eigenvalue weighted by molar-refractivity contribution is 9.10. The summed E-state index contributed by atoms with van der Waals surface area (Å²) in [5.74, 6) is -1.41. The number of fused-ring (bicyclic) bond motifs is 5. The number of halogens is 2. The van der Waals surface area contributed by atoms with Crippen LogP contribution in [0.3, 0.4) is 0 Å².